The van der Waals surface area contributed by atoms with Gasteiger partial charge in [0, 0.05) is 0 Å². The fourth-order valence-corrected chi connectivity index (χ4v) is 9.77. The molecule has 0 aliphatic rings. The van der Waals surface area contributed by atoms with Gasteiger partial charge in [0.15, 0.2) is 22.5 Å². The molecular formula is C17H40O5Si3. The summed E-state index contributed by atoms with van der Waals surface area (Å²) >= 11 is 0. The van der Waals surface area contributed by atoms with Gasteiger partial charge in [-0.15, -0.1) is 0 Å². The molecular weight excluding hydrogens is 368 g/mol. The van der Waals surface area contributed by atoms with Crippen molar-refractivity contribution in [3.63, 3.8) is 0 Å². The average molecular weight is 409 g/mol. The molecule has 0 aliphatic carbocycles. The Kier molecular flexibility index (Phi) is 10.6. The van der Waals surface area contributed by atoms with E-state index < -0.39 is 37.2 Å². The second kappa shape index (κ2) is 10.5. The predicted octanol–water partition coefficient (Wildman–Crippen LogP) is 4.40. The van der Waals surface area contributed by atoms with Crippen LogP contribution in [0.1, 0.15) is 27.2 Å². The molecule has 0 bridgehead atoms. The van der Waals surface area contributed by atoms with Crippen LogP contribution in [-0.4, -0.2) is 55.5 Å². The molecule has 0 saturated heterocycles. The maximum atomic E-state index is 9.77. The highest BCUT2D eigenvalue weighted by Crippen LogP contribution is 2.29. The van der Waals surface area contributed by atoms with Crippen LogP contribution < -0.4 is 0 Å². The van der Waals surface area contributed by atoms with E-state index in [9.17, 15) is 5.11 Å². The Morgan fingerprint density at radius 3 is 1.80 bits per heavy atom. The van der Waals surface area contributed by atoms with Gasteiger partial charge in [-0.25, -0.2) is 0 Å². The van der Waals surface area contributed by atoms with Crippen molar-refractivity contribution in [3.8, 4) is 0 Å². The second-order valence-corrected chi connectivity index (χ2v) is 20.9. The van der Waals surface area contributed by atoms with Crippen molar-refractivity contribution >= 4 is 25.2 Å². The minimum absolute atomic E-state index is 0.225. The van der Waals surface area contributed by atoms with Gasteiger partial charge in [0.1, 0.15) is 0 Å². The highest BCUT2D eigenvalue weighted by molar-refractivity contribution is 6.75. The first-order chi connectivity index (χ1) is 11.2. The summed E-state index contributed by atoms with van der Waals surface area (Å²) in [5.74, 6) is -0.483. The van der Waals surface area contributed by atoms with E-state index in [0.29, 0.717) is 6.61 Å². The summed E-state index contributed by atoms with van der Waals surface area (Å²) < 4.78 is 25.5. The van der Waals surface area contributed by atoms with Gasteiger partial charge < -0.3 is 22.8 Å². The summed E-state index contributed by atoms with van der Waals surface area (Å²) in [5, 5.41) is 9.77. The lowest BCUT2D eigenvalue weighted by Gasteiger charge is -2.42. The minimum atomic E-state index is -2.87. The van der Waals surface area contributed by atoms with Gasteiger partial charge >= 0.3 is 8.56 Å². The van der Waals surface area contributed by atoms with Crippen LogP contribution in [0, 0.1) is 0 Å². The number of hydrogen-bond donors (Lipinski definition) is 1. The topological polar surface area (TPSA) is 57.2 Å². The van der Waals surface area contributed by atoms with Crippen LogP contribution in [0.2, 0.25) is 45.3 Å². The molecule has 2 unspecified atom stereocenters. The Morgan fingerprint density at radius 2 is 1.48 bits per heavy atom. The standard InChI is InChI=1S/C17H40O5Si3/c1-11-12-25(19-13-15(2)3,20-14-16(4)18)17(21-23(5,6)7)22-24(8,9)10/h16-18H,2,11-14H2,1,3-10H3. The summed E-state index contributed by atoms with van der Waals surface area (Å²) in [5.41, 5.74) is 0.938. The van der Waals surface area contributed by atoms with E-state index >= 15 is 0 Å². The van der Waals surface area contributed by atoms with Crippen LogP contribution in [0.15, 0.2) is 12.2 Å². The summed E-state index contributed by atoms with van der Waals surface area (Å²) in [6.45, 7) is 23.2. The van der Waals surface area contributed by atoms with Crippen LogP contribution in [0.25, 0.3) is 0 Å². The van der Waals surface area contributed by atoms with Gasteiger partial charge in [-0.3, -0.25) is 0 Å². The zero-order chi connectivity index (χ0) is 19.9. The molecule has 8 heteroatoms. The summed E-state index contributed by atoms with van der Waals surface area (Å²) in [6.07, 6.45) is 0.347. The third-order valence-electron chi connectivity index (χ3n) is 3.01. The van der Waals surface area contributed by atoms with Crippen LogP contribution in [-0.2, 0) is 17.7 Å². The smallest absolute Gasteiger partial charge is 0.392 e. The molecule has 0 aromatic heterocycles. The van der Waals surface area contributed by atoms with Crippen LogP contribution in [0.5, 0.6) is 0 Å². The lowest BCUT2D eigenvalue weighted by atomic mass is 10.4. The molecule has 5 nitrogen and oxygen atoms in total. The monoisotopic (exact) mass is 408 g/mol. The van der Waals surface area contributed by atoms with Gasteiger partial charge in [0.05, 0.1) is 19.3 Å². The van der Waals surface area contributed by atoms with E-state index in [1.165, 1.54) is 0 Å². The number of aliphatic hydroxyl groups excluding tert-OH is 1. The highest BCUT2D eigenvalue weighted by atomic mass is 28.4. The molecule has 0 saturated carbocycles. The molecule has 0 fully saturated rings. The largest absolute Gasteiger partial charge is 0.394 e. The molecule has 25 heavy (non-hydrogen) atoms. The molecule has 0 spiro atoms. The first kappa shape index (κ1) is 25.2. The van der Waals surface area contributed by atoms with Crippen molar-refractivity contribution in [1.82, 2.24) is 0 Å². The van der Waals surface area contributed by atoms with Crippen molar-refractivity contribution in [2.45, 2.75) is 84.5 Å². The summed E-state index contributed by atoms with van der Waals surface area (Å²) in [7, 11) is -6.63. The van der Waals surface area contributed by atoms with E-state index in [4.69, 9.17) is 17.7 Å². The fraction of sp³-hybridized carbons (Fsp3) is 0.882. The van der Waals surface area contributed by atoms with Crippen molar-refractivity contribution < 1.29 is 22.8 Å². The van der Waals surface area contributed by atoms with Crippen molar-refractivity contribution in [2.75, 3.05) is 13.2 Å². The quantitative estimate of drug-likeness (QED) is 0.278. The first-order valence-corrected chi connectivity index (χ1v) is 18.1. The average Bonchev–Trinajstić information content (AvgIpc) is 2.38. The zero-order valence-electron chi connectivity index (χ0n) is 17.8. The molecule has 0 aromatic carbocycles. The summed E-state index contributed by atoms with van der Waals surface area (Å²) in [4.78, 5) is 0. The number of hydrogen-bond acceptors (Lipinski definition) is 5. The molecule has 150 valence electrons. The van der Waals surface area contributed by atoms with E-state index in [1.54, 1.807) is 6.92 Å². The van der Waals surface area contributed by atoms with Crippen molar-refractivity contribution in [2.24, 2.45) is 0 Å². The van der Waals surface area contributed by atoms with E-state index in [-0.39, 0.29) is 6.61 Å². The van der Waals surface area contributed by atoms with Crippen molar-refractivity contribution in [3.05, 3.63) is 12.2 Å². The zero-order valence-corrected chi connectivity index (χ0v) is 20.8. The molecule has 0 aromatic rings. The van der Waals surface area contributed by atoms with Gasteiger partial charge in [-0.1, -0.05) is 25.5 Å². The predicted molar refractivity (Wildman–Crippen MR) is 112 cm³/mol. The molecule has 0 heterocycles. The Labute approximate surface area is 158 Å². The SMILES string of the molecule is C=C(C)CO[Si](CCC)(OCC(C)O)C(O[Si](C)(C)C)O[Si](C)(C)C. The van der Waals surface area contributed by atoms with Gasteiger partial charge in [-0.05, 0) is 59.2 Å². The minimum Gasteiger partial charge on any atom is -0.392 e. The number of rotatable bonds is 13. The third kappa shape index (κ3) is 11.5. The maximum Gasteiger partial charge on any atom is 0.394 e. The molecule has 2 atom stereocenters. The molecule has 0 amide bonds. The van der Waals surface area contributed by atoms with E-state index in [1.807, 2.05) is 6.92 Å². The lowest BCUT2D eigenvalue weighted by Crippen LogP contribution is -2.61. The van der Waals surface area contributed by atoms with Gasteiger partial charge in [0.25, 0.3) is 0 Å². The third-order valence-corrected chi connectivity index (χ3v) is 8.76. The van der Waals surface area contributed by atoms with Gasteiger partial charge in [-0.2, -0.15) is 0 Å². The lowest BCUT2D eigenvalue weighted by molar-refractivity contribution is -0.0109. The second-order valence-electron chi connectivity index (χ2n) is 8.76. The highest BCUT2D eigenvalue weighted by Gasteiger charge is 2.51. The van der Waals surface area contributed by atoms with Crippen molar-refractivity contribution in [1.29, 1.82) is 0 Å². The Hall–Kier alpha value is 0.191. The Bertz CT molecular complexity index is 388. The van der Waals surface area contributed by atoms with E-state index in [0.717, 1.165) is 18.0 Å². The molecule has 1 N–H and O–H groups in total. The molecule has 0 rings (SSSR count). The maximum absolute atomic E-state index is 9.77. The van der Waals surface area contributed by atoms with E-state index in [2.05, 4.69) is 52.8 Å². The molecule has 0 radical (unpaired) electrons. The summed E-state index contributed by atoms with van der Waals surface area (Å²) in [6, 6.07) is 0.757. The number of aliphatic hydroxyl groups is 1. The Balaban J connectivity index is 5.82. The fourth-order valence-electron chi connectivity index (χ4n) is 2.14. The van der Waals surface area contributed by atoms with Crippen LogP contribution >= 0.6 is 0 Å². The normalized spacial score (nSPS) is 16.8. The Morgan fingerprint density at radius 1 is 1.00 bits per heavy atom. The van der Waals surface area contributed by atoms with Crippen LogP contribution in [0.4, 0.5) is 0 Å². The molecule has 0 aliphatic heterocycles. The van der Waals surface area contributed by atoms with Crippen LogP contribution in [0.3, 0.4) is 0 Å². The van der Waals surface area contributed by atoms with Gasteiger partial charge in [0.2, 0.25) is 0 Å². The first-order valence-electron chi connectivity index (χ1n) is 9.17.